The number of carbonyl (C=O) groups is 2. The molecule has 6 heteroatoms. The Morgan fingerprint density at radius 3 is 2.48 bits per heavy atom. The number of nitrogens with one attached hydrogen (secondary N) is 1. The fourth-order valence-corrected chi connectivity index (χ4v) is 3.71. The Kier molecular flexibility index (Phi) is 6.55. The number of benzene rings is 2. The largest absolute Gasteiger partial charge is 0.349 e. The molecule has 142 valence electrons. The zero-order chi connectivity index (χ0) is 19.4. The molecule has 27 heavy (non-hydrogen) atoms. The van der Waals surface area contributed by atoms with E-state index in [0.717, 1.165) is 22.9 Å². The molecule has 2 atom stereocenters. The number of rotatable bonds is 4. The first kappa shape index (κ1) is 19.9. The van der Waals surface area contributed by atoms with E-state index >= 15 is 0 Å². The second-order valence-electron chi connectivity index (χ2n) is 6.88. The Hall–Kier alpha value is -1.85. The van der Waals surface area contributed by atoms with Crippen LogP contribution in [0.2, 0.25) is 5.02 Å². The second kappa shape index (κ2) is 8.89. The molecule has 0 spiro atoms. The van der Waals surface area contributed by atoms with E-state index in [1.165, 1.54) is 0 Å². The van der Waals surface area contributed by atoms with Crippen LogP contribution in [0.25, 0.3) is 0 Å². The summed E-state index contributed by atoms with van der Waals surface area (Å²) >= 11 is 9.31. The highest BCUT2D eigenvalue weighted by atomic mass is 79.9. The molecule has 0 aromatic heterocycles. The number of hydrogen-bond acceptors (Lipinski definition) is 2. The molecule has 2 amide bonds. The van der Waals surface area contributed by atoms with Crippen molar-refractivity contribution in [2.75, 3.05) is 13.1 Å². The van der Waals surface area contributed by atoms with Crippen molar-refractivity contribution in [3.63, 3.8) is 0 Å². The number of carbonyl (C=O) groups excluding carboxylic acids is 2. The lowest BCUT2D eigenvalue weighted by molar-refractivity contribution is -0.127. The maximum Gasteiger partial charge on any atom is 0.253 e. The Labute approximate surface area is 173 Å². The lowest BCUT2D eigenvalue weighted by Gasteiger charge is -2.32. The quantitative estimate of drug-likeness (QED) is 0.726. The van der Waals surface area contributed by atoms with E-state index in [2.05, 4.69) is 21.2 Å². The third-order valence-corrected chi connectivity index (χ3v) is 5.68. The first-order valence-corrected chi connectivity index (χ1v) is 10.2. The van der Waals surface area contributed by atoms with Gasteiger partial charge in [-0.1, -0.05) is 39.7 Å². The summed E-state index contributed by atoms with van der Waals surface area (Å²) < 4.78 is 1.01. The standard InChI is InChI=1S/C21H22BrClN2O2/c1-14(15-4-8-18(22)9-5-15)24-20(26)17-3-2-12-25(13-17)21(27)16-6-10-19(23)11-7-16/h4-11,14,17H,2-3,12-13H2,1H3,(H,24,26). The Morgan fingerprint density at radius 2 is 1.81 bits per heavy atom. The molecule has 0 radical (unpaired) electrons. The van der Waals surface area contributed by atoms with Gasteiger partial charge in [0, 0.05) is 28.1 Å². The first-order chi connectivity index (χ1) is 12.9. The summed E-state index contributed by atoms with van der Waals surface area (Å²) in [5, 5.41) is 3.68. The van der Waals surface area contributed by atoms with E-state index in [1.807, 2.05) is 31.2 Å². The average molecular weight is 450 g/mol. The van der Waals surface area contributed by atoms with Gasteiger partial charge in [0.1, 0.15) is 0 Å². The first-order valence-electron chi connectivity index (χ1n) is 9.04. The van der Waals surface area contributed by atoms with Gasteiger partial charge in [-0.25, -0.2) is 0 Å². The number of nitrogens with zero attached hydrogens (tertiary/aromatic N) is 1. The van der Waals surface area contributed by atoms with Crippen molar-refractivity contribution in [2.24, 2.45) is 5.92 Å². The summed E-state index contributed by atoms with van der Waals surface area (Å²) in [5.41, 5.74) is 1.65. The monoisotopic (exact) mass is 448 g/mol. The van der Waals surface area contributed by atoms with Crippen LogP contribution < -0.4 is 5.32 Å². The predicted octanol–water partition coefficient (Wildman–Crippen LogP) is 4.83. The van der Waals surface area contributed by atoms with Gasteiger partial charge in [0.2, 0.25) is 5.91 Å². The van der Waals surface area contributed by atoms with Crippen molar-refractivity contribution in [3.05, 3.63) is 69.2 Å². The molecule has 1 aliphatic heterocycles. The number of likely N-dealkylation sites (tertiary alicyclic amines) is 1. The van der Waals surface area contributed by atoms with Gasteiger partial charge in [-0.05, 0) is 61.7 Å². The molecule has 1 aliphatic rings. The van der Waals surface area contributed by atoms with Crippen LogP contribution in [0.5, 0.6) is 0 Å². The molecule has 3 rings (SSSR count). The lowest BCUT2D eigenvalue weighted by atomic mass is 9.95. The van der Waals surface area contributed by atoms with E-state index < -0.39 is 0 Å². The summed E-state index contributed by atoms with van der Waals surface area (Å²) in [5.74, 6) is -0.239. The molecular formula is C21H22BrClN2O2. The predicted molar refractivity (Wildman–Crippen MR) is 111 cm³/mol. The smallest absolute Gasteiger partial charge is 0.253 e. The molecule has 4 nitrogen and oxygen atoms in total. The maximum atomic E-state index is 12.7. The van der Waals surface area contributed by atoms with Crippen LogP contribution in [0.4, 0.5) is 0 Å². The minimum Gasteiger partial charge on any atom is -0.349 e. The maximum absolute atomic E-state index is 12.7. The number of hydrogen-bond donors (Lipinski definition) is 1. The molecule has 0 saturated carbocycles. The average Bonchev–Trinajstić information content (AvgIpc) is 2.68. The third-order valence-electron chi connectivity index (χ3n) is 4.90. The van der Waals surface area contributed by atoms with Crippen LogP contribution in [-0.2, 0) is 4.79 Å². The molecule has 2 unspecified atom stereocenters. The Morgan fingerprint density at radius 1 is 1.15 bits per heavy atom. The van der Waals surface area contributed by atoms with E-state index in [-0.39, 0.29) is 23.8 Å². The molecule has 1 fully saturated rings. The van der Waals surface area contributed by atoms with Crippen molar-refractivity contribution in [3.8, 4) is 0 Å². The summed E-state index contributed by atoms with van der Waals surface area (Å²) in [6.07, 6.45) is 1.62. The topological polar surface area (TPSA) is 49.4 Å². The summed E-state index contributed by atoms with van der Waals surface area (Å²) in [4.78, 5) is 27.2. The number of halogens is 2. The van der Waals surface area contributed by atoms with Crippen LogP contribution >= 0.6 is 27.5 Å². The van der Waals surface area contributed by atoms with Crippen molar-refractivity contribution in [1.82, 2.24) is 10.2 Å². The minimum absolute atomic E-state index is 0.000903. The number of amides is 2. The van der Waals surface area contributed by atoms with Crippen LogP contribution in [0.15, 0.2) is 53.0 Å². The van der Waals surface area contributed by atoms with Crippen LogP contribution in [0.1, 0.15) is 41.7 Å². The highest BCUT2D eigenvalue weighted by molar-refractivity contribution is 9.10. The SMILES string of the molecule is CC(NC(=O)C1CCCN(C(=O)c2ccc(Cl)cc2)C1)c1ccc(Br)cc1. The van der Waals surface area contributed by atoms with Gasteiger partial charge in [-0.15, -0.1) is 0 Å². The van der Waals surface area contributed by atoms with E-state index in [4.69, 9.17) is 11.6 Å². The van der Waals surface area contributed by atoms with Crippen molar-refractivity contribution in [1.29, 1.82) is 0 Å². The molecular weight excluding hydrogens is 428 g/mol. The fraction of sp³-hybridized carbons (Fsp3) is 0.333. The highest BCUT2D eigenvalue weighted by Gasteiger charge is 2.29. The minimum atomic E-state index is -0.187. The second-order valence-corrected chi connectivity index (χ2v) is 8.23. The lowest BCUT2D eigenvalue weighted by Crippen LogP contribution is -2.45. The summed E-state index contributed by atoms with van der Waals surface area (Å²) in [7, 11) is 0. The van der Waals surface area contributed by atoms with Gasteiger partial charge in [0.25, 0.3) is 5.91 Å². The molecule has 0 bridgehead atoms. The normalized spacial score (nSPS) is 18.0. The van der Waals surface area contributed by atoms with E-state index in [9.17, 15) is 9.59 Å². The van der Waals surface area contributed by atoms with E-state index in [1.54, 1.807) is 29.2 Å². The van der Waals surface area contributed by atoms with Gasteiger partial charge in [-0.2, -0.15) is 0 Å². The Bertz CT molecular complexity index is 808. The van der Waals surface area contributed by atoms with Crippen molar-refractivity contribution < 1.29 is 9.59 Å². The third kappa shape index (κ3) is 5.11. The molecule has 1 N–H and O–H groups in total. The molecule has 0 aliphatic carbocycles. The van der Waals surface area contributed by atoms with Crippen molar-refractivity contribution in [2.45, 2.75) is 25.8 Å². The molecule has 1 saturated heterocycles. The van der Waals surface area contributed by atoms with Crippen LogP contribution in [0.3, 0.4) is 0 Å². The van der Waals surface area contributed by atoms with Gasteiger partial charge >= 0.3 is 0 Å². The van der Waals surface area contributed by atoms with Gasteiger partial charge in [0.15, 0.2) is 0 Å². The van der Waals surface area contributed by atoms with Crippen LogP contribution in [0, 0.1) is 5.92 Å². The zero-order valence-electron chi connectivity index (χ0n) is 15.1. The van der Waals surface area contributed by atoms with Gasteiger partial charge in [0.05, 0.1) is 12.0 Å². The fourth-order valence-electron chi connectivity index (χ4n) is 3.32. The summed E-state index contributed by atoms with van der Waals surface area (Å²) in [6, 6.07) is 14.7. The Balaban J connectivity index is 1.61. The van der Waals surface area contributed by atoms with Crippen LogP contribution in [-0.4, -0.2) is 29.8 Å². The van der Waals surface area contributed by atoms with Gasteiger partial charge < -0.3 is 10.2 Å². The molecule has 2 aromatic carbocycles. The highest BCUT2D eigenvalue weighted by Crippen LogP contribution is 2.22. The van der Waals surface area contributed by atoms with Gasteiger partial charge in [-0.3, -0.25) is 9.59 Å². The number of piperidine rings is 1. The molecule has 1 heterocycles. The summed E-state index contributed by atoms with van der Waals surface area (Å²) in [6.45, 7) is 3.09. The zero-order valence-corrected chi connectivity index (χ0v) is 17.5. The molecule has 2 aromatic rings. The van der Waals surface area contributed by atoms with Crippen molar-refractivity contribution >= 4 is 39.3 Å². The van der Waals surface area contributed by atoms with E-state index in [0.29, 0.717) is 23.7 Å².